The van der Waals surface area contributed by atoms with E-state index in [4.69, 9.17) is 9.47 Å². The van der Waals surface area contributed by atoms with Crippen molar-refractivity contribution in [1.29, 1.82) is 0 Å². The molecular formula is C9H9NO4. The van der Waals surface area contributed by atoms with Gasteiger partial charge in [0.15, 0.2) is 11.5 Å². The summed E-state index contributed by atoms with van der Waals surface area (Å²) in [6.07, 6.45) is 0. The first kappa shape index (κ1) is 8.80. The van der Waals surface area contributed by atoms with Crippen molar-refractivity contribution in [3.63, 3.8) is 0 Å². The van der Waals surface area contributed by atoms with Crippen molar-refractivity contribution in [1.82, 2.24) is 0 Å². The van der Waals surface area contributed by atoms with Crippen LogP contribution in [-0.2, 0) is 0 Å². The average Bonchev–Trinajstić information content (AvgIpc) is 2.42. The van der Waals surface area contributed by atoms with Crippen LogP contribution in [-0.4, -0.2) is 10.8 Å². The van der Waals surface area contributed by atoms with Crippen LogP contribution >= 0.6 is 0 Å². The number of benzene rings is 1. The standard InChI is InChI=1S/C9H9NO4/c1-6-3-4-7-8(5-6)14-9(2,13-7)10(11)12/h3-5H,1-2H3. The molecular weight excluding hydrogens is 186 g/mol. The van der Waals surface area contributed by atoms with Crippen molar-refractivity contribution in [2.75, 3.05) is 0 Å². The molecule has 0 radical (unpaired) electrons. The number of rotatable bonds is 1. The highest BCUT2D eigenvalue weighted by molar-refractivity contribution is 5.44. The van der Waals surface area contributed by atoms with E-state index in [9.17, 15) is 10.1 Å². The molecule has 0 saturated carbocycles. The van der Waals surface area contributed by atoms with E-state index in [0.717, 1.165) is 5.56 Å². The highest BCUT2D eigenvalue weighted by Gasteiger charge is 2.49. The van der Waals surface area contributed by atoms with Crippen LogP contribution in [0.15, 0.2) is 18.2 Å². The summed E-state index contributed by atoms with van der Waals surface area (Å²) in [4.78, 5) is 10.0. The Morgan fingerprint density at radius 2 is 2.00 bits per heavy atom. The van der Waals surface area contributed by atoms with Gasteiger partial charge in [-0.25, -0.2) is 0 Å². The third kappa shape index (κ3) is 1.17. The maximum atomic E-state index is 10.6. The lowest BCUT2D eigenvalue weighted by Crippen LogP contribution is -2.43. The van der Waals surface area contributed by atoms with Gasteiger partial charge >= 0.3 is 5.91 Å². The summed E-state index contributed by atoms with van der Waals surface area (Å²) in [5.74, 6) is -0.949. The fraction of sp³-hybridized carbons (Fsp3) is 0.333. The molecule has 1 heterocycles. The van der Waals surface area contributed by atoms with E-state index in [1.807, 2.05) is 13.0 Å². The molecule has 0 amide bonds. The lowest BCUT2D eigenvalue weighted by molar-refractivity contribution is -0.652. The summed E-state index contributed by atoms with van der Waals surface area (Å²) in [5.41, 5.74) is 0.972. The van der Waals surface area contributed by atoms with Gasteiger partial charge in [-0.15, -0.1) is 0 Å². The predicted octanol–water partition coefficient (Wildman–Crippen LogP) is 1.72. The first-order chi connectivity index (χ1) is 6.51. The van der Waals surface area contributed by atoms with E-state index in [0.29, 0.717) is 11.5 Å². The Balaban J connectivity index is 2.39. The van der Waals surface area contributed by atoms with Gasteiger partial charge in [-0.05, 0) is 24.6 Å². The Bertz CT molecular complexity index is 404. The van der Waals surface area contributed by atoms with Crippen molar-refractivity contribution < 1.29 is 14.4 Å². The van der Waals surface area contributed by atoms with Crippen molar-refractivity contribution in [2.45, 2.75) is 19.8 Å². The zero-order chi connectivity index (χ0) is 10.3. The normalized spacial score (nSPS) is 23.6. The number of hydrogen-bond donors (Lipinski definition) is 0. The molecule has 0 aliphatic carbocycles. The molecule has 0 saturated heterocycles. The van der Waals surface area contributed by atoms with Crippen LogP contribution in [0.5, 0.6) is 11.5 Å². The topological polar surface area (TPSA) is 61.6 Å². The quantitative estimate of drug-likeness (QED) is 0.505. The van der Waals surface area contributed by atoms with Crippen molar-refractivity contribution in [3.8, 4) is 11.5 Å². The number of ether oxygens (including phenoxy) is 2. The summed E-state index contributed by atoms with van der Waals surface area (Å²) in [7, 11) is 0. The summed E-state index contributed by atoms with van der Waals surface area (Å²) < 4.78 is 10.2. The monoisotopic (exact) mass is 195 g/mol. The van der Waals surface area contributed by atoms with Gasteiger partial charge in [-0.1, -0.05) is 6.07 Å². The van der Waals surface area contributed by atoms with Crippen molar-refractivity contribution >= 4 is 0 Å². The molecule has 5 nitrogen and oxygen atoms in total. The largest absolute Gasteiger partial charge is 0.523 e. The molecule has 5 heteroatoms. The van der Waals surface area contributed by atoms with Crippen LogP contribution < -0.4 is 9.47 Å². The Labute approximate surface area is 80.4 Å². The van der Waals surface area contributed by atoms with Crippen molar-refractivity contribution in [3.05, 3.63) is 33.9 Å². The molecule has 1 aliphatic rings. The Kier molecular flexibility index (Phi) is 1.64. The average molecular weight is 195 g/mol. The highest BCUT2D eigenvalue weighted by atomic mass is 16.8. The van der Waals surface area contributed by atoms with Gasteiger partial charge in [0.2, 0.25) is 0 Å². The summed E-state index contributed by atoms with van der Waals surface area (Å²) >= 11 is 0. The second-order valence-corrected chi connectivity index (χ2v) is 3.31. The van der Waals surface area contributed by atoms with E-state index in [1.54, 1.807) is 12.1 Å². The Hall–Kier alpha value is -1.78. The molecule has 14 heavy (non-hydrogen) atoms. The second kappa shape index (κ2) is 2.60. The van der Waals surface area contributed by atoms with Gasteiger partial charge in [0.05, 0.1) is 6.92 Å². The molecule has 0 aromatic heterocycles. The van der Waals surface area contributed by atoms with Crippen molar-refractivity contribution in [2.24, 2.45) is 0 Å². The number of aryl methyl sites for hydroxylation is 1. The SMILES string of the molecule is Cc1ccc2c(c1)OC(C)([N+](=O)[O-])O2. The smallest absolute Gasteiger partial charge is 0.392 e. The summed E-state index contributed by atoms with van der Waals surface area (Å²) in [5, 5.41) is 10.6. The molecule has 1 aliphatic heterocycles. The van der Waals surface area contributed by atoms with Gasteiger partial charge in [-0.2, -0.15) is 0 Å². The maximum Gasteiger partial charge on any atom is 0.523 e. The van der Waals surface area contributed by atoms with Gasteiger partial charge < -0.3 is 9.47 Å². The van der Waals surface area contributed by atoms with Crippen LogP contribution in [0.4, 0.5) is 0 Å². The first-order valence-electron chi connectivity index (χ1n) is 4.14. The zero-order valence-corrected chi connectivity index (χ0v) is 7.81. The molecule has 1 atom stereocenters. The molecule has 0 fully saturated rings. The van der Waals surface area contributed by atoms with E-state index < -0.39 is 10.8 Å². The molecule has 1 unspecified atom stereocenters. The van der Waals surface area contributed by atoms with Crippen LogP contribution in [0.2, 0.25) is 0 Å². The van der Waals surface area contributed by atoms with E-state index >= 15 is 0 Å². The van der Waals surface area contributed by atoms with Crippen LogP contribution in [0, 0.1) is 17.0 Å². The molecule has 1 aromatic rings. The summed E-state index contributed by atoms with van der Waals surface area (Å²) in [6, 6.07) is 5.19. The number of hydrogen-bond acceptors (Lipinski definition) is 4. The number of nitrogens with zero attached hydrogens (tertiary/aromatic N) is 1. The Morgan fingerprint density at radius 3 is 2.64 bits per heavy atom. The number of nitro groups is 1. The number of fused-ring (bicyclic) bond motifs is 1. The molecule has 0 spiro atoms. The van der Waals surface area contributed by atoms with Gasteiger partial charge in [0.1, 0.15) is 4.92 Å². The minimum atomic E-state index is -1.78. The fourth-order valence-electron chi connectivity index (χ4n) is 1.28. The van der Waals surface area contributed by atoms with Crippen LogP contribution in [0.1, 0.15) is 12.5 Å². The third-order valence-electron chi connectivity index (χ3n) is 2.03. The minimum absolute atomic E-state index is 0.412. The molecule has 74 valence electrons. The highest BCUT2D eigenvalue weighted by Crippen LogP contribution is 2.39. The lowest BCUT2D eigenvalue weighted by atomic mass is 10.2. The van der Waals surface area contributed by atoms with Gasteiger partial charge in [0.25, 0.3) is 0 Å². The first-order valence-corrected chi connectivity index (χ1v) is 4.14. The molecule has 0 bridgehead atoms. The zero-order valence-electron chi connectivity index (χ0n) is 7.81. The predicted molar refractivity (Wildman–Crippen MR) is 47.8 cm³/mol. The maximum absolute atomic E-state index is 10.6. The van der Waals surface area contributed by atoms with Gasteiger partial charge in [-0.3, -0.25) is 10.1 Å². The second-order valence-electron chi connectivity index (χ2n) is 3.31. The molecule has 2 rings (SSSR count). The van der Waals surface area contributed by atoms with E-state index in [1.165, 1.54) is 6.92 Å². The third-order valence-corrected chi connectivity index (χ3v) is 2.03. The van der Waals surface area contributed by atoms with Crippen LogP contribution in [0.25, 0.3) is 0 Å². The van der Waals surface area contributed by atoms with E-state index in [-0.39, 0.29) is 0 Å². The summed E-state index contributed by atoms with van der Waals surface area (Å²) in [6.45, 7) is 3.16. The van der Waals surface area contributed by atoms with Crippen LogP contribution in [0.3, 0.4) is 0 Å². The molecule has 1 aromatic carbocycles. The fourth-order valence-corrected chi connectivity index (χ4v) is 1.28. The van der Waals surface area contributed by atoms with Gasteiger partial charge in [0, 0.05) is 0 Å². The lowest BCUT2D eigenvalue weighted by Gasteiger charge is -2.11. The Morgan fingerprint density at radius 1 is 1.36 bits per heavy atom. The molecule has 0 N–H and O–H groups in total. The van der Waals surface area contributed by atoms with E-state index in [2.05, 4.69) is 0 Å². The minimum Gasteiger partial charge on any atom is -0.392 e.